The van der Waals surface area contributed by atoms with Crippen molar-refractivity contribution in [3.05, 3.63) is 95.1 Å². The van der Waals surface area contributed by atoms with Crippen LogP contribution in [-0.2, 0) is 6.42 Å². The third kappa shape index (κ3) is 4.72. The van der Waals surface area contributed by atoms with Crippen LogP contribution in [0.5, 0.6) is 5.75 Å². The van der Waals surface area contributed by atoms with E-state index >= 15 is 0 Å². The van der Waals surface area contributed by atoms with Crippen molar-refractivity contribution >= 4 is 23.2 Å². The maximum absolute atomic E-state index is 12.9. The summed E-state index contributed by atoms with van der Waals surface area (Å²) < 4.78 is 5.68. The first-order valence-corrected chi connectivity index (χ1v) is 12.6. The second kappa shape index (κ2) is 9.88. The number of methoxy groups -OCH3 is 1. The molecule has 168 valence electrons. The van der Waals surface area contributed by atoms with Crippen LogP contribution in [0, 0.1) is 0 Å². The fourth-order valence-electron chi connectivity index (χ4n) is 4.86. The summed E-state index contributed by atoms with van der Waals surface area (Å²) in [5.74, 6) is 0.936. The summed E-state index contributed by atoms with van der Waals surface area (Å²) >= 11 is 1.78. The van der Waals surface area contributed by atoms with Crippen molar-refractivity contribution < 1.29 is 9.53 Å². The number of fused-ring (bicyclic) bond motifs is 2. The van der Waals surface area contributed by atoms with Crippen LogP contribution in [0.4, 0.5) is 0 Å². The summed E-state index contributed by atoms with van der Waals surface area (Å²) in [7, 11) is 1.73. The van der Waals surface area contributed by atoms with Crippen molar-refractivity contribution in [1.82, 2.24) is 5.32 Å². The highest BCUT2D eigenvalue weighted by molar-refractivity contribution is 7.99. The van der Waals surface area contributed by atoms with Gasteiger partial charge in [-0.3, -0.25) is 4.79 Å². The smallest absolute Gasteiger partial charge is 0.251 e. The van der Waals surface area contributed by atoms with Gasteiger partial charge in [0.2, 0.25) is 0 Å². The van der Waals surface area contributed by atoms with Gasteiger partial charge < -0.3 is 10.1 Å². The summed E-state index contributed by atoms with van der Waals surface area (Å²) in [5.41, 5.74) is 5.51. The van der Waals surface area contributed by atoms with E-state index in [0.717, 1.165) is 42.6 Å². The van der Waals surface area contributed by atoms with Gasteiger partial charge in [-0.25, -0.2) is 0 Å². The first-order valence-electron chi connectivity index (χ1n) is 11.8. The Morgan fingerprint density at radius 1 is 0.939 bits per heavy atom. The molecule has 0 atom stereocenters. The number of aryl methyl sites for hydroxylation is 1. The molecule has 33 heavy (non-hydrogen) atoms. The minimum Gasteiger partial charge on any atom is -0.496 e. The highest BCUT2D eigenvalue weighted by atomic mass is 32.2. The molecule has 0 bridgehead atoms. The standard InChI is InChI=1S/C29H29NO2S/c1-32-26-15-6-4-12-24(26)23-14-8-9-20-19-21(29(31)30-22-10-2-3-11-22)17-18-27(20)33-28-16-7-5-13-25(23)28/h4-7,12-19,22H,2-3,8-11H2,1H3,(H,30,31). The number of benzene rings is 3. The van der Waals surface area contributed by atoms with E-state index in [9.17, 15) is 4.79 Å². The average Bonchev–Trinajstić information content (AvgIpc) is 3.38. The quantitative estimate of drug-likeness (QED) is 0.465. The van der Waals surface area contributed by atoms with Crippen molar-refractivity contribution in [3.8, 4) is 5.75 Å². The van der Waals surface area contributed by atoms with Gasteiger partial charge >= 0.3 is 0 Å². The van der Waals surface area contributed by atoms with Gasteiger partial charge in [-0.15, -0.1) is 0 Å². The van der Waals surface area contributed by atoms with Gasteiger partial charge in [0.05, 0.1) is 7.11 Å². The lowest BCUT2D eigenvalue weighted by molar-refractivity contribution is 0.0937. The van der Waals surface area contributed by atoms with Gasteiger partial charge in [0.25, 0.3) is 5.91 Å². The topological polar surface area (TPSA) is 38.3 Å². The van der Waals surface area contributed by atoms with Gasteiger partial charge in [0.15, 0.2) is 0 Å². The average molecular weight is 456 g/mol. The van der Waals surface area contributed by atoms with Crippen molar-refractivity contribution in [2.45, 2.75) is 54.4 Å². The van der Waals surface area contributed by atoms with Crippen LogP contribution in [-0.4, -0.2) is 19.1 Å². The zero-order valence-electron chi connectivity index (χ0n) is 19.0. The highest BCUT2D eigenvalue weighted by Crippen LogP contribution is 2.41. The number of rotatable bonds is 4. The van der Waals surface area contributed by atoms with Crippen LogP contribution < -0.4 is 10.1 Å². The molecule has 3 aromatic rings. The number of carbonyl (C=O) groups is 1. The molecule has 1 heterocycles. The Morgan fingerprint density at radius 3 is 2.52 bits per heavy atom. The number of hydrogen-bond donors (Lipinski definition) is 1. The Labute approximate surface area is 200 Å². The van der Waals surface area contributed by atoms with Crippen LogP contribution in [0.2, 0.25) is 0 Å². The van der Waals surface area contributed by atoms with Crippen molar-refractivity contribution in [2.24, 2.45) is 0 Å². The number of ether oxygens (including phenoxy) is 1. The molecule has 0 saturated heterocycles. The van der Waals surface area contributed by atoms with E-state index in [1.54, 1.807) is 18.9 Å². The summed E-state index contributed by atoms with van der Waals surface area (Å²) in [6.07, 6.45) is 8.72. The SMILES string of the molecule is COc1ccccc1C1=CCCc2cc(C(=O)NC3CCCC3)ccc2Sc2ccccc21. The van der Waals surface area contributed by atoms with E-state index in [1.807, 2.05) is 18.2 Å². The largest absolute Gasteiger partial charge is 0.496 e. The fraction of sp³-hybridized carbons (Fsp3) is 0.276. The lowest BCUT2D eigenvalue weighted by Gasteiger charge is -2.16. The fourth-order valence-corrected chi connectivity index (χ4v) is 5.95. The maximum Gasteiger partial charge on any atom is 0.251 e. The van der Waals surface area contributed by atoms with E-state index in [0.29, 0.717) is 6.04 Å². The minimum absolute atomic E-state index is 0.0558. The summed E-state index contributed by atoms with van der Waals surface area (Å²) in [5, 5.41) is 3.23. The molecule has 3 nitrogen and oxygen atoms in total. The van der Waals surface area contributed by atoms with E-state index in [2.05, 4.69) is 59.9 Å². The van der Waals surface area contributed by atoms with Crippen LogP contribution >= 0.6 is 11.8 Å². The van der Waals surface area contributed by atoms with E-state index in [4.69, 9.17) is 4.74 Å². The molecule has 4 heteroatoms. The molecule has 0 radical (unpaired) electrons. The molecule has 0 unspecified atom stereocenters. The molecule has 1 aliphatic heterocycles. The molecule has 1 saturated carbocycles. The Bertz CT molecular complexity index is 1190. The first-order chi connectivity index (χ1) is 16.2. The van der Waals surface area contributed by atoms with Crippen molar-refractivity contribution in [1.29, 1.82) is 0 Å². The number of allylic oxidation sites excluding steroid dienone is 1. The normalized spacial score (nSPS) is 16.0. The summed E-state index contributed by atoms with van der Waals surface area (Å²) in [4.78, 5) is 15.3. The second-order valence-corrected chi connectivity index (χ2v) is 9.82. The van der Waals surface area contributed by atoms with E-state index in [-0.39, 0.29) is 5.91 Å². The van der Waals surface area contributed by atoms with Crippen molar-refractivity contribution in [2.75, 3.05) is 7.11 Å². The van der Waals surface area contributed by atoms with Gasteiger partial charge in [0.1, 0.15) is 5.75 Å². The molecule has 1 N–H and O–H groups in total. The summed E-state index contributed by atoms with van der Waals surface area (Å²) in [6.45, 7) is 0. The third-order valence-corrected chi connectivity index (χ3v) is 7.76. The lowest BCUT2D eigenvalue weighted by atomic mass is 9.95. The predicted octanol–water partition coefficient (Wildman–Crippen LogP) is 6.90. The second-order valence-electron chi connectivity index (χ2n) is 8.73. The number of amides is 1. The zero-order chi connectivity index (χ0) is 22.6. The van der Waals surface area contributed by atoms with Crippen LogP contribution in [0.25, 0.3) is 5.57 Å². The van der Waals surface area contributed by atoms with Gasteiger partial charge in [-0.2, -0.15) is 0 Å². The minimum atomic E-state index is 0.0558. The molecule has 2 aliphatic rings. The number of carbonyl (C=O) groups excluding carboxylic acids is 1. The zero-order valence-corrected chi connectivity index (χ0v) is 19.8. The highest BCUT2D eigenvalue weighted by Gasteiger charge is 2.20. The lowest BCUT2D eigenvalue weighted by Crippen LogP contribution is -2.32. The maximum atomic E-state index is 12.9. The number of nitrogens with one attached hydrogen (secondary N) is 1. The van der Waals surface area contributed by atoms with Crippen molar-refractivity contribution in [3.63, 3.8) is 0 Å². The summed E-state index contributed by atoms with van der Waals surface area (Å²) in [6, 6.07) is 23.3. The number of para-hydroxylation sites is 1. The molecule has 0 spiro atoms. The molecule has 5 rings (SSSR count). The van der Waals surface area contributed by atoms with E-state index < -0.39 is 0 Å². The number of hydrogen-bond acceptors (Lipinski definition) is 3. The molecule has 0 aromatic heterocycles. The Kier molecular flexibility index (Phi) is 6.54. The molecule has 3 aromatic carbocycles. The first kappa shape index (κ1) is 21.8. The Hall–Kier alpha value is -2.98. The van der Waals surface area contributed by atoms with Crippen LogP contribution in [0.3, 0.4) is 0 Å². The Morgan fingerprint density at radius 2 is 1.70 bits per heavy atom. The molecule has 1 fully saturated rings. The predicted molar refractivity (Wildman–Crippen MR) is 135 cm³/mol. The molecular formula is C29H29NO2S. The molecular weight excluding hydrogens is 426 g/mol. The third-order valence-electron chi connectivity index (χ3n) is 6.57. The molecule has 1 amide bonds. The Balaban J connectivity index is 1.50. The van der Waals surface area contributed by atoms with E-state index in [1.165, 1.54) is 39.3 Å². The van der Waals surface area contributed by atoms with Gasteiger partial charge in [-0.05, 0) is 72.7 Å². The monoisotopic (exact) mass is 455 g/mol. The van der Waals surface area contributed by atoms with Gasteiger partial charge in [-0.1, -0.05) is 67.1 Å². The van der Waals surface area contributed by atoms with Crippen LogP contribution in [0.15, 0.2) is 82.6 Å². The van der Waals surface area contributed by atoms with Gasteiger partial charge in [0, 0.05) is 27.0 Å². The molecule has 1 aliphatic carbocycles. The van der Waals surface area contributed by atoms with Crippen LogP contribution in [0.1, 0.15) is 59.2 Å².